The molecule has 0 aliphatic heterocycles. The van der Waals surface area contributed by atoms with Gasteiger partial charge in [-0.25, -0.2) is 0 Å². The van der Waals surface area contributed by atoms with Gasteiger partial charge in [0.05, 0.1) is 0 Å². The SMILES string of the molecule is C[SiH2]Cl.O[SiH2]Cl. The number of hydrogen-bond donors (Lipinski definition) is 1. The van der Waals surface area contributed by atoms with E-state index in [1.165, 1.54) is 0 Å². The van der Waals surface area contributed by atoms with Gasteiger partial charge in [-0.1, -0.05) is 6.55 Å². The van der Waals surface area contributed by atoms with E-state index in [4.69, 9.17) is 27.0 Å². The van der Waals surface area contributed by atoms with E-state index < -0.39 is 9.07 Å². The van der Waals surface area contributed by atoms with Gasteiger partial charge in [0, 0.05) is 0 Å². The summed E-state index contributed by atoms with van der Waals surface area (Å²) >= 11 is 9.83. The molecule has 0 heterocycles. The summed E-state index contributed by atoms with van der Waals surface area (Å²) in [7, 11) is -1.22. The monoisotopic (exact) mass is 162 g/mol. The fourth-order valence-electron chi connectivity index (χ4n) is 0. The summed E-state index contributed by atoms with van der Waals surface area (Å²) in [6, 6.07) is 0. The van der Waals surface area contributed by atoms with Gasteiger partial charge in [-0.15, -0.1) is 11.1 Å². The molecule has 6 heavy (non-hydrogen) atoms. The lowest BCUT2D eigenvalue weighted by molar-refractivity contribution is 0.622. The van der Waals surface area contributed by atoms with Gasteiger partial charge in [-0.05, 0) is 0 Å². The van der Waals surface area contributed by atoms with Gasteiger partial charge in [0.1, 0.15) is 8.83 Å². The third kappa shape index (κ3) is 82.8. The highest BCUT2D eigenvalue weighted by molar-refractivity contribution is 6.92. The standard InChI is InChI=1S/CH5ClSi.ClH3OSi/c2*1-3-2/h3H2,1H3;2H,3H2. The first-order chi connectivity index (χ1) is 2.83. The van der Waals surface area contributed by atoms with Crippen molar-refractivity contribution < 1.29 is 4.80 Å². The average molecular weight is 163 g/mol. The molecule has 0 aromatic heterocycles. The summed E-state index contributed by atoms with van der Waals surface area (Å²) in [5, 5.41) is 0. The largest absolute Gasteiger partial charge is 0.424 e. The van der Waals surface area contributed by atoms with Crippen molar-refractivity contribution in [3.05, 3.63) is 0 Å². The Hall–Kier alpha value is 0.974. The van der Waals surface area contributed by atoms with Crippen molar-refractivity contribution in [1.82, 2.24) is 0 Å². The van der Waals surface area contributed by atoms with Crippen molar-refractivity contribution in [2.45, 2.75) is 6.55 Å². The summed E-state index contributed by atoms with van der Waals surface area (Å²) in [5.41, 5.74) is 0. The first kappa shape index (κ1) is 10.1. The Bertz CT molecular complexity index is 13.5. The lowest BCUT2D eigenvalue weighted by Gasteiger charge is -1.46. The summed E-state index contributed by atoms with van der Waals surface area (Å²) in [5.74, 6) is 0. The molecule has 1 nitrogen and oxygen atoms in total. The molecular formula is CH8Cl2OSi2. The molecule has 40 valence electrons. The molecule has 0 spiro atoms. The first-order valence-electron chi connectivity index (χ1n) is 1.56. The van der Waals surface area contributed by atoms with E-state index in [0.717, 1.165) is 0 Å². The van der Waals surface area contributed by atoms with Crippen LogP contribution in [-0.4, -0.2) is 22.7 Å². The molecule has 0 saturated heterocycles. The second-order valence-electron chi connectivity index (χ2n) is 0.387. The predicted molar refractivity (Wildman–Crippen MR) is 36.9 cm³/mol. The fraction of sp³-hybridized carbons (Fsp3) is 1.00. The minimum Gasteiger partial charge on any atom is -0.424 e. The van der Waals surface area contributed by atoms with E-state index in [1.807, 2.05) is 6.55 Å². The smallest absolute Gasteiger partial charge is 0.255 e. The molecule has 0 aromatic rings. The number of rotatable bonds is 0. The third-order valence-electron chi connectivity index (χ3n) is 0. The van der Waals surface area contributed by atoms with Crippen LogP contribution in [0.4, 0.5) is 0 Å². The molecule has 0 bridgehead atoms. The molecule has 1 N–H and O–H groups in total. The van der Waals surface area contributed by atoms with Gasteiger partial charge >= 0.3 is 0 Å². The van der Waals surface area contributed by atoms with E-state index in [-0.39, 0.29) is 8.83 Å². The van der Waals surface area contributed by atoms with Crippen LogP contribution in [0.25, 0.3) is 0 Å². The highest BCUT2D eigenvalue weighted by Crippen LogP contribution is 1.54. The molecule has 0 aliphatic carbocycles. The summed E-state index contributed by atoms with van der Waals surface area (Å²) < 4.78 is 0. The van der Waals surface area contributed by atoms with Crippen LogP contribution in [0.5, 0.6) is 0 Å². The van der Waals surface area contributed by atoms with Crippen LogP contribution in [0, 0.1) is 0 Å². The van der Waals surface area contributed by atoms with E-state index in [9.17, 15) is 0 Å². The second-order valence-corrected chi connectivity index (χ2v) is 3.48. The Morgan fingerprint density at radius 1 is 1.50 bits per heavy atom. The van der Waals surface area contributed by atoms with Crippen LogP contribution < -0.4 is 0 Å². The van der Waals surface area contributed by atoms with Crippen molar-refractivity contribution >= 4 is 40.1 Å². The van der Waals surface area contributed by atoms with Gasteiger partial charge in [0.15, 0.2) is 0 Å². The van der Waals surface area contributed by atoms with Gasteiger partial charge in [-0.2, -0.15) is 11.1 Å². The Morgan fingerprint density at radius 2 is 1.50 bits per heavy atom. The summed E-state index contributed by atoms with van der Waals surface area (Å²) in [6.07, 6.45) is 0. The maximum Gasteiger partial charge on any atom is 0.255 e. The van der Waals surface area contributed by atoms with Crippen molar-refractivity contribution in [3.63, 3.8) is 0 Å². The van der Waals surface area contributed by atoms with E-state index in [2.05, 4.69) is 0 Å². The topological polar surface area (TPSA) is 20.2 Å². The molecule has 0 atom stereocenters. The van der Waals surface area contributed by atoms with E-state index in [0.29, 0.717) is 0 Å². The lowest BCUT2D eigenvalue weighted by atomic mass is 11.9. The molecule has 0 fully saturated rings. The van der Waals surface area contributed by atoms with Crippen LogP contribution in [-0.2, 0) is 0 Å². The molecule has 0 aromatic carbocycles. The zero-order chi connectivity index (χ0) is 5.41. The molecule has 0 rings (SSSR count). The predicted octanol–water partition coefficient (Wildman–Crippen LogP) is -0.427. The molecule has 0 aliphatic rings. The second kappa shape index (κ2) is 16.7. The Balaban J connectivity index is 0. The van der Waals surface area contributed by atoms with Crippen molar-refractivity contribution in [2.75, 3.05) is 0 Å². The summed E-state index contributed by atoms with van der Waals surface area (Å²) in [4.78, 5) is 7.47. The Kier molecular flexibility index (Phi) is 28.0. The van der Waals surface area contributed by atoms with Crippen LogP contribution in [0.3, 0.4) is 0 Å². The quantitative estimate of drug-likeness (QED) is 0.379. The van der Waals surface area contributed by atoms with E-state index >= 15 is 0 Å². The van der Waals surface area contributed by atoms with E-state index in [1.54, 1.807) is 0 Å². The van der Waals surface area contributed by atoms with Crippen LogP contribution >= 0.6 is 22.2 Å². The van der Waals surface area contributed by atoms with Crippen LogP contribution in [0.15, 0.2) is 0 Å². The molecule has 5 heteroatoms. The molecule has 0 unspecified atom stereocenters. The maximum absolute atomic E-state index is 7.47. The van der Waals surface area contributed by atoms with Gasteiger partial charge < -0.3 is 4.80 Å². The minimum atomic E-state index is -1.11. The van der Waals surface area contributed by atoms with Crippen LogP contribution in [0.2, 0.25) is 6.55 Å². The zero-order valence-corrected chi connectivity index (χ0v) is 7.96. The fourth-order valence-corrected chi connectivity index (χ4v) is 0. The maximum atomic E-state index is 7.47. The number of hydrogen-bond acceptors (Lipinski definition) is 1. The lowest BCUT2D eigenvalue weighted by Crippen LogP contribution is -1.59. The molecule has 0 amide bonds. The summed E-state index contributed by atoms with van der Waals surface area (Å²) in [6.45, 7) is 2.03. The van der Waals surface area contributed by atoms with Gasteiger partial charge in [0.2, 0.25) is 0 Å². The highest BCUT2D eigenvalue weighted by Gasteiger charge is 1.43. The molecule has 0 saturated carbocycles. The van der Waals surface area contributed by atoms with Crippen molar-refractivity contribution in [1.29, 1.82) is 0 Å². The van der Waals surface area contributed by atoms with Gasteiger partial charge in [0.25, 0.3) is 9.07 Å². The highest BCUT2D eigenvalue weighted by atomic mass is 35.6. The van der Waals surface area contributed by atoms with Crippen LogP contribution in [0.1, 0.15) is 0 Å². The van der Waals surface area contributed by atoms with Crippen molar-refractivity contribution in [2.24, 2.45) is 0 Å². The average Bonchev–Trinajstić information content (AvgIpc) is 1.39. The third-order valence-corrected chi connectivity index (χ3v) is 0. The normalized spacial score (nSPS) is 10.0. The first-order valence-corrected chi connectivity index (χ1v) is 7.88. The Morgan fingerprint density at radius 3 is 1.50 bits per heavy atom. The van der Waals surface area contributed by atoms with Crippen molar-refractivity contribution in [3.8, 4) is 0 Å². The Labute approximate surface area is 51.8 Å². The molecular weight excluding hydrogens is 155 g/mol. The van der Waals surface area contributed by atoms with Gasteiger partial charge in [-0.3, -0.25) is 0 Å². The molecule has 0 radical (unpaired) electrons. The minimum absolute atomic E-state index is 0.111. The number of halogens is 2. The zero-order valence-electron chi connectivity index (χ0n) is 3.62.